The predicted molar refractivity (Wildman–Crippen MR) is 84.9 cm³/mol. The minimum Gasteiger partial charge on any atom is -0.378 e. The second-order valence-corrected chi connectivity index (χ2v) is 6.38. The lowest BCUT2D eigenvalue weighted by Crippen LogP contribution is -2.30. The summed E-state index contributed by atoms with van der Waals surface area (Å²) in [6, 6.07) is 9.50. The van der Waals surface area contributed by atoms with Gasteiger partial charge in [0.1, 0.15) is 0 Å². The average molecular weight is 275 g/mol. The van der Waals surface area contributed by atoms with Crippen molar-refractivity contribution in [2.45, 2.75) is 52.2 Å². The van der Waals surface area contributed by atoms with Crippen molar-refractivity contribution >= 4 is 0 Å². The summed E-state index contributed by atoms with van der Waals surface area (Å²) in [6.07, 6.45) is 3.83. The fraction of sp³-hybridized carbons (Fsp3) is 0.667. The molecule has 2 heteroatoms. The molecule has 2 rings (SSSR count). The highest BCUT2D eigenvalue weighted by atomic mass is 16.5. The summed E-state index contributed by atoms with van der Waals surface area (Å²) in [5.74, 6) is 1.30. The Labute approximate surface area is 123 Å². The Morgan fingerprint density at radius 3 is 2.80 bits per heavy atom. The molecule has 1 aromatic rings. The number of rotatable bonds is 6. The van der Waals surface area contributed by atoms with Gasteiger partial charge in [-0.2, -0.15) is 0 Å². The molecule has 1 fully saturated rings. The van der Waals surface area contributed by atoms with Crippen LogP contribution in [0.25, 0.3) is 0 Å². The van der Waals surface area contributed by atoms with E-state index in [9.17, 15) is 0 Å². The first-order valence-corrected chi connectivity index (χ1v) is 8.03. The van der Waals surface area contributed by atoms with E-state index in [0.717, 1.165) is 19.4 Å². The van der Waals surface area contributed by atoms with Crippen molar-refractivity contribution in [3.05, 3.63) is 35.4 Å². The molecule has 0 bridgehead atoms. The summed E-state index contributed by atoms with van der Waals surface area (Å²) in [5.41, 5.74) is 2.87. The summed E-state index contributed by atoms with van der Waals surface area (Å²) < 4.78 is 5.87. The van der Waals surface area contributed by atoms with Gasteiger partial charge in [0.05, 0.1) is 6.10 Å². The van der Waals surface area contributed by atoms with Gasteiger partial charge in [0.25, 0.3) is 0 Å². The Kier molecular flexibility index (Phi) is 5.62. The fourth-order valence-corrected chi connectivity index (χ4v) is 3.48. The first-order valence-electron chi connectivity index (χ1n) is 8.03. The molecule has 1 aliphatic heterocycles. The summed E-state index contributed by atoms with van der Waals surface area (Å²) >= 11 is 0. The van der Waals surface area contributed by atoms with Crippen LogP contribution in [0.3, 0.4) is 0 Å². The van der Waals surface area contributed by atoms with Crippen molar-refractivity contribution in [3.63, 3.8) is 0 Å². The number of ether oxygens (including phenoxy) is 1. The van der Waals surface area contributed by atoms with Crippen LogP contribution in [0.1, 0.15) is 50.8 Å². The SMILES string of the molecule is CCC1OCCC1C(NC)c1cccc(CC(C)C)c1. The van der Waals surface area contributed by atoms with Crippen LogP contribution in [0.2, 0.25) is 0 Å². The molecular weight excluding hydrogens is 246 g/mol. The predicted octanol–water partition coefficient (Wildman–Crippen LogP) is 3.96. The summed E-state index contributed by atoms with van der Waals surface area (Å²) in [7, 11) is 2.07. The molecule has 1 heterocycles. The maximum Gasteiger partial charge on any atom is 0.0619 e. The van der Waals surface area contributed by atoms with Gasteiger partial charge >= 0.3 is 0 Å². The third-order valence-corrected chi connectivity index (χ3v) is 4.36. The van der Waals surface area contributed by atoms with Crippen LogP contribution in [-0.4, -0.2) is 19.8 Å². The van der Waals surface area contributed by atoms with Crippen molar-refractivity contribution < 1.29 is 4.74 Å². The number of hydrogen-bond donors (Lipinski definition) is 1. The van der Waals surface area contributed by atoms with Crippen LogP contribution < -0.4 is 5.32 Å². The lowest BCUT2D eigenvalue weighted by molar-refractivity contribution is 0.0782. The summed E-state index contributed by atoms with van der Waals surface area (Å²) in [6.45, 7) is 7.69. The maximum atomic E-state index is 5.87. The second kappa shape index (κ2) is 7.24. The molecule has 2 nitrogen and oxygen atoms in total. The van der Waals surface area contributed by atoms with E-state index < -0.39 is 0 Å². The molecule has 0 aliphatic carbocycles. The number of benzene rings is 1. The molecule has 0 radical (unpaired) electrons. The largest absolute Gasteiger partial charge is 0.378 e. The molecule has 3 atom stereocenters. The first-order chi connectivity index (χ1) is 9.65. The van der Waals surface area contributed by atoms with Crippen LogP contribution in [-0.2, 0) is 11.2 Å². The Balaban J connectivity index is 2.18. The lowest BCUT2D eigenvalue weighted by Gasteiger charge is -2.27. The van der Waals surface area contributed by atoms with Crippen molar-refractivity contribution in [2.24, 2.45) is 11.8 Å². The third-order valence-electron chi connectivity index (χ3n) is 4.36. The molecule has 0 aromatic heterocycles. The molecule has 0 spiro atoms. The Hall–Kier alpha value is -0.860. The highest BCUT2D eigenvalue weighted by Gasteiger charge is 2.33. The van der Waals surface area contributed by atoms with E-state index in [1.54, 1.807) is 0 Å². The lowest BCUT2D eigenvalue weighted by atomic mass is 9.86. The molecule has 1 saturated heterocycles. The van der Waals surface area contributed by atoms with Crippen molar-refractivity contribution in [1.82, 2.24) is 5.32 Å². The minimum absolute atomic E-state index is 0.404. The molecule has 1 N–H and O–H groups in total. The smallest absolute Gasteiger partial charge is 0.0619 e. The van der Waals surface area contributed by atoms with E-state index >= 15 is 0 Å². The first kappa shape index (κ1) is 15.5. The van der Waals surface area contributed by atoms with Crippen molar-refractivity contribution in [1.29, 1.82) is 0 Å². The maximum absolute atomic E-state index is 5.87. The molecule has 0 saturated carbocycles. The van der Waals surface area contributed by atoms with Crippen molar-refractivity contribution in [2.75, 3.05) is 13.7 Å². The molecule has 3 unspecified atom stereocenters. The Bertz CT molecular complexity index is 416. The second-order valence-electron chi connectivity index (χ2n) is 6.38. The zero-order chi connectivity index (χ0) is 14.5. The van der Waals surface area contributed by atoms with Crippen LogP contribution in [0.5, 0.6) is 0 Å². The van der Waals surface area contributed by atoms with Gasteiger partial charge in [0, 0.05) is 18.6 Å². The standard InChI is InChI=1S/C18H29NO/c1-5-17-16(9-10-20-17)18(19-4)15-8-6-7-14(12-15)11-13(2)3/h6-8,12-13,16-19H,5,9-11H2,1-4H3. The molecular formula is C18H29NO. The van der Waals surface area contributed by atoms with Crippen LogP contribution in [0.4, 0.5) is 0 Å². The van der Waals surface area contributed by atoms with E-state index in [2.05, 4.69) is 57.4 Å². The van der Waals surface area contributed by atoms with Gasteiger partial charge < -0.3 is 10.1 Å². The zero-order valence-electron chi connectivity index (χ0n) is 13.4. The average Bonchev–Trinajstić information content (AvgIpc) is 2.87. The Morgan fingerprint density at radius 1 is 1.35 bits per heavy atom. The summed E-state index contributed by atoms with van der Waals surface area (Å²) in [4.78, 5) is 0. The van der Waals surface area contributed by atoms with Gasteiger partial charge in [-0.1, -0.05) is 45.0 Å². The van der Waals surface area contributed by atoms with E-state index in [0.29, 0.717) is 24.0 Å². The van der Waals surface area contributed by atoms with E-state index in [1.807, 2.05) is 0 Å². The monoisotopic (exact) mass is 275 g/mol. The molecule has 1 aliphatic rings. The Morgan fingerprint density at radius 2 is 2.15 bits per heavy atom. The van der Waals surface area contributed by atoms with Gasteiger partial charge in [-0.3, -0.25) is 0 Å². The van der Waals surface area contributed by atoms with Gasteiger partial charge in [-0.25, -0.2) is 0 Å². The number of hydrogen-bond acceptors (Lipinski definition) is 2. The van der Waals surface area contributed by atoms with Gasteiger partial charge in [-0.05, 0) is 43.4 Å². The molecule has 0 amide bonds. The fourth-order valence-electron chi connectivity index (χ4n) is 3.48. The van der Waals surface area contributed by atoms with Gasteiger partial charge in [-0.15, -0.1) is 0 Å². The number of nitrogens with one attached hydrogen (secondary N) is 1. The van der Waals surface area contributed by atoms with E-state index in [-0.39, 0.29) is 0 Å². The van der Waals surface area contributed by atoms with E-state index in [4.69, 9.17) is 4.74 Å². The zero-order valence-corrected chi connectivity index (χ0v) is 13.4. The highest BCUT2D eigenvalue weighted by Crippen LogP contribution is 2.35. The quantitative estimate of drug-likeness (QED) is 0.848. The van der Waals surface area contributed by atoms with Gasteiger partial charge in [0.2, 0.25) is 0 Å². The normalized spacial score (nSPS) is 24.2. The van der Waals surface area contributed by atoms with Crippen LogP contribution in [0, 0.1) is 11.8 Å². The van der Waals surface area contributed by atoms with E-state index in [1.165, 1.54) is 17.5 Å². The molecule has 112 valence electrons. The van der Waals surface area contributed by atoms with Gasteiger partial charge in [0.15, 0.2) is 0 Å². The third kappa shape index (κ3) is 3.62. The van der Waals surface area contributed by atoms with Crippen molar-refractivity contribution in [3.8, 4) is 0 Å². The highest BCUT2D eigenvalue weighted by molar-refractivity contribution is 5.27. The van der Waals surface area contributed by atoms with Crippen LogP contribution in [0.15, 0.2) is 24.3 Å². The van der Waals surface area contributed by atoms with Crippen LogP contribution >= 0.6 is 0 Å². The molecule has 20 heavy (non-hydrogen) atoms. The topological polar surface area (TPSA) is 21.3 Å². The summed E-state index contributed by atoms with van der Waals surface area (Å²) in [5, 5.41) is 3.53. The molecule has 1 aromatic carbocycles. The minimum atomic E-state index is 0.404.